The fourth-order valence-corrected chi connectivity index (χ4v) is 4.19. The van der Waals surface area contributed by atoms with Crippen LogP contribution in [0.5, 0.6) is 11.5 Å². The summed E-state index contributed by atoms with van der Waals surface area (Å²) in [5.41, 5.74) is 3.07. The molecule has 0 aromatic heterocycles. The summed E-state index contributed by atoms with van der Waals surface area (Å²) in [5.74, 6) is 1.60. The second kappa shape index (κ2) is 7.54. The van der Waals surface area contributed by atoms with Gasteiger partial charge in [-0.25, -0.2) is 0 Å². The molecule has 1 saturated heterocycles. The summed E-state index contributed by atoms with van der Waals surface area (Å²) in [4.78, 5) is 27.5. The van der Waals surface area contributed by atoms with Crippen LogP contribution in [0.2, 0.25) is 0 Å². The van der Waals surface area contributed by atoms with E-state index < -0.39 is 5.60 Å². The van der Waals surface area contributed by atoms with Crippen LogP contribution in [-0.2, 0) is 0 Å². The summed E-state index contributed by atoms with van der Waals surface area (Å²) in [5, 5.41) is 0. The van der Waals surface area contributed by atoms with Crippen LogP contribution < -0.4 is 9.47 Å². The zero-order valence-corrected chi connectivity index (χ0v) is 17.3. The van der Waals surface area contributed by atoms with E-state index in [2.05, 4.69) is 0 Å². The maximum Gasteiger partial charge on any atom is 0.253 e. The van der Waals surface area contributed by atoms with Crippen molar-refractivity contribution in [2.45, 2.75) is 45.6 Å². The standard InChI is InChI=1S/C24H27NO4/c1-4-28-19-7-5-18(6-8-19)23(27)25-11-9-24(10-12-25)15-21(26)20-13-16(2)17(3)14-22(20)29-24/h5-8,13-14H,4,9-12,15H2,1-3H3. The van der Waals surface area contributed by atoms with Gasteiger partial charge in [-0.3, -0.25) is 9.59 Å². The number of piperidine rings is 1. The van der Waals surface area contributed by atoms with E-state index in [1.807, 2.05) is 49.9 Å². The van der Waals surface area contributed by atoms with Crippen molar-refractivity contribution in [2.24, 2.45) is 0 Å². The third kappa shape index (κ3) is 3.74. The number of likely N-dealkylation sites (tertiary alicyclic amines) is 1. The summed E-state index contributed by atoms with van der Waals surface area (Å²) >= 11 is 0. The van der Waals surface area contributed by atoms with E-state index >= 15 is 0 Å². The van der Waals surface area contributed by atoms with Crippen LogP contribution in [-0.4, -0.2) is 41.9 Å². The molecular formula is C24H27NO4. The van der Waals surface area contributed by atoms with Crippen LogP contribution in [0.4, 0.5) is 0 Å². The lowest BCUT2D eigenvalue weighted by atomic mass is 9.81. The number of Topliss-reactive ketones (excluding diaryl/α,β-unsaturated/α-hetero) is 1. The van der Waals surface area contributed by atoms with Crippen LogP contribution >= 0.6 is 0 Å². The lowest BCUT2D eigenvalue weighted by molar-refractivity contribution is -0.00575. The number of ketones is 1. The Morgan fingerprint density at radius 1 is 1.10 bits per heavy atom. The van der Waals surface area contributed by atoms with Crippen LogP contribution in [0.3, 0.4) is 0 Å². The molecule has 152 valence electrons. The summed E-state index contributed by atoms with van der Waals surface area (Å²) in [6, 6.07) is 11.2. The topological polar surface area (TPSA) is 55.8 Å². The fraction of sp³-hybridized carbons (Fsp3) is 0.417. The number of ether oxygens (including phenoxy) is 2. The normalized spacial score (nSPS) is 17.6. The van der Waals surface area contributed by atoms with E-state index in [0.29, 0.717) is 55.8 Å². The number of hydrogen-bond acceptors (Lipinski definition) is 4. The van der Waals surface area contributed by atoms with Gasteiger partial charge in [-0.05, 0) is 68.3 Å². The molecule has 2 aromatic carbocycles. The number of amides is 1. The van der Waals surface area contributed by atoms with Crippen LogP contribution in [0.1, 0.15) is 58.0 Å². The van der Waals surface area contributed by atoms with Gasteiger partial charge in [0.25, 0.3) is 5.91 Å². The molecular weight excluding hydrogens is 366 g/mol. The molecule has 5 heteroatoms. The first-order chi connectivity index (χ1) is 13.9. The average molecular weight is 393 g/mol. The minimum Gasteiger partial charge on any atom is -0.494 e. The second-order valence-corrected chi connectivity index (χ2v) is 8.07. The van der Waals surface area contributed by atoms with Crippen molar-refractivity contribution in [3.05, 3.63) is 58.7 Å². The minimum atomic E-state index is -0.499. The number of carbonyl (C=O) groups excluding carboxylic acids is 2. The van der Waals surface area contributed by atoms with Gasteiger partial charge in [0.2, 0.25) is 0 Å². The Morgan fingerprint density at radius 3 is 2.41 bits per heavy atom. The number of aryl methyl sites for hydroxylation is 2. The van der Waals surface area contributed by atoms with Gasteiger partial charge in [0.05, 0.1) is 18.6 Å². The van der Waals surface area contributed by atoms with Gasteiger partial charge in [0.15, 0.2) is 5.78 Å². The predicted molar refractivity (Wildman–Crippen MR) is 111 cm³/mol. The number of fused-ring (bicyclic) bond motifs is 1. The molecule has 0 bridgehead atoms. The van der Waals surface area contributed by atoms with Crippen molar-refractivity contribution in [3.63, 3.8) is 0 Å². The van der Waals surface area contributed by atoms with Crippen molar-refractivity contribution in [1.82, 2.24) is 4.90 Å². The molecule has 2 aliphatic heterocycles. The molecule has 0 N–H and O–H groups in total. The highest BCUT2D eigenvalue weighted by Gasteiger charge is 2.43. The first-order valence-corrected chi connectivity index (χ1v) is 10.3. The van der Waals surface area contributed by atoms with Gasteiger partial charge in [0, 0.05) is 31.5 Å². The Labute approximate surface area is 171 Å². The largest absolute Gasteiger partial charge is 0.494 e. The zero-order chi connectivity index (χ0) is 20.6. The Balaban J connectivity index is 1.45. The molecule has 2 aromatic rings. The zero-order valence-electron chi connectivity index (χ0n) is 17.3. The fourth-order valence-electron chi connectivity index (χ4n) is 4.19. The molecule has 0 aliphatic carbocycles. The molecule has 0 radical (unpaired) electrons. The van der Waals surface area contributed by atoms with E-state index in [4.69, 9.17) is 9.47 Å². The molecule has 0 saturated carbocycles. The number of hydrogen-bond donors (Lipinski definition) is 0. The van der Waals surface area contributed by atoms with E-state index in [9.17, 15) is 9.59 Å². The van der Waals surface area contributed by atoms with Gasteiger partial charge >= 0.3 is 0 Å². The predicted octanol–water partition coefficient (Wildman–Crippen LogP) is 4.34. The van der Waals surface area contributed by atoms with E-state index in [-0.39, 0.29) is 11.7 Å². The lowest BCUT2D eigenvalue weighted by Gasteiger charge is -2.44. The van der Waals surface area contributed by atoms with E-state index in [1.165, 1.54) is 0 Å². The molecule has 1 fully saturated rings. The average Bonchev–Trinajstić information content (AvgIpc) is 2.71. The van der Waals surface area contributed by atoms with Crippen LogP contribution in [0, 0.1) is 13.8 Å². The molecule has 2 heterocycles. The second-order valence-electron chi connectivity index (χ2n) is 8.07. The Bertz CT molecular complexity index is 940. The molecule has 29 heavy (non-hydrogen) atoms. The highest BCUT2D eigenvalue weighted by molar-refractivity contribution is 6.00. The van der Waals surface area contributed by atoms with Crippen molar-refractivity contribution in [3.8, 4) is 11.5 Å². The summed E-state index contributed by atoms with van der Waals surface area (Å²) in [6.07, 6.45) is 1.70. The quantitative estimate of drug-likeness (QED) is 0.778. The van der Waals surface area contributed by atoms with Gasteiger partial charge < -0.3 is 14.4 Å². The molecule has 0 atom stereocenters. The monoisotopic (exact) mass is 393 g/mol. The summed E-state index contributed by atoms with van der Waals surface area (Å²) < 4.78 is 11.8. The van der Waals surface area contributed by atoms with Gasteiger partial charge in [-0.15, -0.1) is 0 Å². The van der Waals surface area contributed by atoms with Crippen molar-refractivity contribution in [1.29, 1.82) is 0 Å². The van der Waals surface area contributed by atoms with Gasteiger partial charge in [-0.2, -0.15) is 0 Å². The maximum absolute atomic E-state index is 12.9. The Morgan fingerprint density at radius 2 is 1.76 bits per heavy atom. The third-order valence-corrected chi connectivity index (χ3v) is 6.08. The minimum absolute atomic E-state index is 0.0110. The number of benzene rings is 2. The Hall–Kier alpha value is -2.82. The van der Waals surface area contributed by atoms with Gasteiger partial charge in [0.1, 0.15) is 17.1 Å². The SMILES string of the molecule is CCOc1ccc(C(=O)N2CCC3(CC2)CC(=O)c2cc(C)c(C)cc2O3)cc1. The molecule has 5 nitrogen and oxygen atoms in total. The first kappa shape index (κ1) is 19.5. The number of rotatable bonds is 3. The van der Waals surface area contributed by atoms with Crippen molar-refractivity contribution < 1.29 is 19.1 Å². The van der Waals surface area contributed by atoms with E-state index in [0.717, 1.165) is 16.9 Å². The lowest BCUT2D eigenvalue weighted by Crippen LogP contribution is -2.52. The third-order valence-electron chi connectivity index (χ3n) is 6.08. The van der Waals surface area contributed by atoms with Crippen molar-refractivity contribution in [2.75, 3.05) is 19.7 Å². The highest BCUT2D eigenvalue weighted by Crippen LogP contribution is 2.40. The smallest absolute Gasteiger partial charge is 0.253 e. The molecule has 1 amide bonds. The molecule has 2 aliphatic rings. The van der Waals surface area contributed by atoms with Gasteiger partial charge in [-0.1, -0.05) is 0 Å². The summed E-state index contributed by atoms with van der Waals surface area (Å²) in [7, 11) is 0. The summed E-state index contributed by atoms with van der Waals surface area (Å²) in [6.45, 7) is 7.74. The van der Waals surface area contributed by atoms with Crippen molar-refractivity contribution >= 4 is 11.7 Å². The molecule has 0 unspecified atom stereocenters. The van der Waals surface area contributed by atoms with Crippen LogP contribution in [0.15, 0.2) is 36.4 Å². The Kier molecular flexibility index (Phi) is 5.07. The molecule has 1 spiro atoms. The first-order valence-electron chi connectivity index (χ1n) is 10.3. The van der Waals surface area contributed by atoms with Crippen LogP contribution in [0.25, 0.3) is 0 Å². The van der Waals surface area contributed by atoms with E-state index in [1.54, 1.807) is 12.1 Å². The number of carbonyl (C=O) groups is 2. The molecule has 4 rings (SSSR count). The highest BCUT2D eigenvalue weighted by atomic mass is 16.5. The maximum atomic E-state index is 12.9. The number of nitrogens with zero attached hydrogens (tertiary/aromatic N) is 1.